The summed E-state index contributed by atoms with van der Waals surface area (Å²) in [4.78, 5) is 27.0. The predicted molar refractivity (Wildman–Crippen MR) is 136 cm³/mol. The highest BCUT2D eigenvalue weighted by molar-refractivity contribution is 6.32. The second kappa shape index (κ2) is 8.52. The number of aryl methyl sites for hydroxylation is 4. The molecule has 1 aromatic heterocycles. The standard InChI is InChI=1S/C26H30ClFN4O3/c1-14-10-15(2)22(28)20(21(14)27)26(12-32(13-26)24(34)35-25(4,5)6)29-17-8-9-18-16(3)30-31(7)23(33)19(18)11-17/h8-11,29H,12-13H2,1-7H3. The van der Waals surface area contributed by atoms with E-state index >= 15 is 4.39 Å². The van der Waals surface area contributed by atoms with E-state index in [0.717, 1.165) is 16.6 Å². The van der Waals surface area contributed by atoms with Gasteiger partial charge in [0, 0.05) is 23.7 Å². The van der Waals surface area contributed by atoms with Gasteiger partial charge in [0.25, 0.3) is 5.56 Å². The van der Waals surface area contributed by atoms with Crippen molar-refractivity contribution >= 4 is 34.2 Å². The van der Waals surface area contributed by atoms with Crippen molar-refractivity contribution in [3.8, 4) is 0 Å². The lowest BCUT2D eigenvalue weighted by Crippen LogP contribution is -2.66. The first kappa shape index (κ1) is 25.0. The number of aromatic nitrogens is 2. The summed E-state index contributed by atoms with van der Waals surface area (Å²) in [5.74, 6) is -0.423. The summed E-state index contributed by atoms with van der Waals surface area (Å²) in [6, 6.07) is 7.08. The molecule has 0 unspecified atom stereocenters. The van der Waals surface area contributed by atoms with Crippen LogP contribution in [0.3, 0.4) is 0 Å². The summed E-state index contributed by atoms with van der Waals surface area (Å²) < 4.78 is 22.4. The number of benzene rings is 2. The molecule has 0 spiro atoms. The largest absolute Gasteiger partial charge is 0.444 e. The number of likely N-dealkylation sites (tertiary alicyclic amines) is 1. The molecule has 0 bridgehead atoms. The third kappa shape index (κ3) is 4.47. The van der Waals surface area contributed by atoms with Gasteiger partial charge in [-0.3, -0.25) is 4.79 Å². The van der Waals surface area contributed by atoms with Crippen LogP contribution < -0.4 is 10.9 Å². The molecule has 1 amide bonds. The maximum absolute atomic E-state index is 15.6. The van der Waals surface area contributed by atoms with E-state index in [1.54, 1.807) is 46.9 Å². The Morgan fingerprint density at radius 3 is 2.43 bits per heavy atom. The van der Waals surface area contributed by atoms with E-state index in [-0.39, 0.29) is 18.6 Å². The van der Waals surface area contributed by atoms with Gasteiger partial charge < -0.3 is 15.0 Å². The van der Waals surface area contributed by atoms with Crippen molar-refractivity contribution in [3.63, 3.8) is 0 Å². The third-order valence-electron chi connectivity index (χ3n) is 6.23. The Morgan fingerprint density at radius 1 is 1.14 bits per heavy atom. The van der Waals surface area contributed by atoms with Gasteiger partial charge in [-0.05, 0) is 64.8 Å². The number of carbonyl (C=O) groups is 1. The molecule has 1 aliphatic rings. The lowest BCUT2D eigenvalue weighted by atomic mass is 9.80. The number of fused-ring (bicyclic) bond motifs is 1. The van der Waals surface area contributed by atoms with Crippen LogP contribution >= 0.6 is 11.6 Å². The minimum atomic E-state index is -1.00. The normalized spacial score (nSPS) is 15.2. The minimum Gasteiger partial charge on any atom is -0.444 e. The fourth-order valence-electron chi connectivity index (χ4n) is 4.61. The number of nitrogens with one attached hydrogen (secondary N) is 1. The Labute approximate surface area is 208 Å². The van der Waals surface area contributed by atoms with Gasteiger partial charge in [-0.25, -0.2) is 13.9 Å². The van der Waals surface area contributed by atoms with E-state index in [4.69, 9.17) is 16.3 Å². The molecule has 35 heavy (non-hydrogen) atoms. The van der Waals surface area contributed by atoms with Crippen LogP contribution in [0.5, 0.6) is 0 Å². The number of amides is 1. The molecule has 0 radical (unpaired) electrons. The van der Waals surface area contributed by atoms with Crippen LogP contribution in [-0.2, 0) is 17.3 Å². The molecule has 1 aliphatic heterocycles. The van der Waals surface area contributed by atoms with E-state index in [0.29, 0.717) is 27.2 Å². The molecule has 0 saturated carbocycles. The highest BCUT2D eigenvalue weighted by atomic mass is 35.5. The van der Waals surface area contributed by atoms with Crippen molar-refractivity contribution in [2.24, 2.45) is 7.05 Å². The highest BCUT2D eigenvalue weighted by Crippen LogP contribution is 2.43. The number of nitrogens with zero attached hydrogens (tertiary/aromatic N) is 3. The SMILES string of the molecule is Cc1cc(C)c(Cl)c(C2(Nc3ccc4c(C)nn(C)c(=O)c4c3)CN(C(=O)OC(C)(C)C)C2)c1F. The maximum Gasteiger partial charge on any atom is 0.410 e. The van der Waals surface area contributed by atoms with Gasteiger partial charge in [0.2, 0.25) is 0 Å². The van der Waals surface area contributed by atoms with Crippen molar-refractivity contribution in [3.05, 3.63) is 67.8 Å². The van der Waals surface area contributed by atoms with Crippen molar-refractivity contribution in [2.75, 3.05) is 18.4 Å². The third-order valence-corrected chi connectivity index (χ3v) is 6.72. The summed E-state index contributed by atoms with van der Waals surface area (Å²) >= 11 is 6.65. The zero-order valence-electron chi connectivity index (χ0n) is 21.0. The highest BCUT2D eigenvalue weighted by Gasteiger charge is 2.51. The number of carbonyl (C=O) groups excluding carboxylic acids is 1. The molecular weight excluding hydrogens is 471 g/mol. The van der Waals surface area contributed by atoms with Crippen LogP contribution in [0.15, 0.2) is 29.1 Å². The van der Waals surface area contributed by atoms with Crippen LogP contribution in [0.1, 0.15) is 43.2 Å². The summed E-state index contributed by atoms with van der Waals surface area (Å²) in [6.45, 7) is 11.0. The van der Waals surface area contributed by atoms with E-state index < -0.39 is 23.1 Å². The number of halogens is 2. The first-order valence-corrected chi connectivity index (χ1v) is 11.8. The number of ether oxygens (including phenoxy) is 1. The average Bonchev–Trinajstić information content (AvgIpc) is 2.72. The van der Waals surface area contributed by atoms with Crippen LogP contribution in [0.2, 0.25) is 5.02 Å². The molecule has 9 heteroatoms. The molecule has 1 saturated heterocycles. The average molecular weight is 501 g/mol. The predicted octanol–water partition coefficient (Wildman–Crippen LogP) is 5.21. The summed E-state index contributed by atoms with van der Waals surface area (Å²) in [5, 5.41) is 9.19. The van der Waals surface area contributed by atoms with Gasteiger partial charge >= 0.3 is 6.09 Å². The monoisotopic (exact) mass is 500 g/mol. The quantitative estimate of drug-likeness (QED) is 0.534. The van der Waals surface area contributed by atoms with Crippen molar-refractivity contribution in [1.82, 2.24) is 14.7 Å². The molecule has 0 aliphatic carbocycles. The lowest BCUT2D eigenvalue weighted by Gasteiger charge is -2.51. The van der Waals surface area contributed by atoms with Crippen LogP contribution in [-0.4, -0.2) is 39.5 Å². The molecule has 3 aromatic rings. The molecule has 1 fully saturated rings. The Balaban J connectivity index is 1.80. The fraction of sp³-hybridized carbons (Fsp3) is 0.423. The van der Waals surface area contributed by atoms with Gasteiger partial charge in [-0.2, -0.15) is 5.10 Å². The van der Waals surface area contributed by atoms with E-state index in [2.05, 4.69) is 10.4 Å². The Kier molecular flexibility index (Phi) is 6.08. The first-order chi connectivity index (χ1) is 16.2. The van der Waals surface area contributed by atoms with Gasteiger partial charge in [-0.1, -0.05) is 23.7 Å². The van der Waals surface area contributed by atoms with Gasteiger partial charge in [0.1, 0.15) is 17.0 Å². The fourth-order valence-corrected chi connectivity index (χ4v) is 4.93. The smallest absolute Gasteiger partial charge is 0.410 e. The van der Waals surface area contributed by atoms with Gasteiger partial charge in [-0.15, -0.1) is 0 Å². The second-order valence-corrected chi connectivity index (χ2v) is 10.7. The van der Waals surface area contributed by atoms with Crippen LogP contribution in [0, 0.1) is 26.6 Å². The molecule has 4 rings (SSSR count). The summed E-state index contributed by atoms with van der Waals surface area (Å²) in [7, 11) is 1.60. The molecule has 1 N–H and O–H groups in total. The molecule has 0 atom stereocenters. The maximum atomic E-state index is 15.6. The molecular formula is C26H30ClFN4O3. The van der Waals surface area contributed by atoms with Gasteiger partial charge in [0.05, 0.1) is 29.2 Å². The zero-order valence-corrected chi connectivity index (χ0v) is 21.8. The number of rotatable bonds is 3. The number of anilines is 1. The van der Waals surface area contributed by atoms with Gasteiger partial charge in [0.15, 0.2) is 0 Å². The summed E-state index contributed by atoms with van der Waals surface area (Å²) in [6.07, 6.45) is -0.482. The second-order valence-electron chi connectivity index (χ2n) is 10.3. The van der Waals surface area contributed by atoms with Crippen molar-refractivity contribution in [1.29, 1.82) is 0 Å². The number of hydrogen-bond acceptors (Lipinski definition) is 5. The molecule has 2 aromatic carbocycles. The van der Waals surface area contributed by atoms with Crippen LogP contribution in [0.25, 0.3) is 10.8 Å². The van der Waals surface area contributed by atoms with E-state index in [9.17, 15) is 9.59 Å². The Morgan fingerprint density at radius 2 is 1.80 bits per heavy atom. The lowest BCUT2D eigenvalue weighted by molar-refractivity contribution is -0.00536. The molecule has 2 heterocycles. The minimum absolute atomic E-state index is 0.146. The van der Waals surface area contributed by atoms with E-state index in [1.807, 2.05) is 26.0 Å². The topological polar surface area (TPSA) is 76.5 Å². The molecule has 186 valence electrons. The molecule has 7 nitrogen and oxygen atoms in total. The summed E-state index contributed by atoms with van der Waals surface area (Å²) in [5.41, 5.74) is 0.953. The van der Waals surface area contributed by atoms with Crippen LogP contribution in [0.4, 0.5) is 14.9 Å². The van der Waals surface area contributed by atoms with Crippen molar-refractivity contribution in [2.45, 2.75) is 52.7 Å². The Bertz CT molecular complexity index is 1380. The first-order valence-electron chi connectivity index (χ1n) is 11.4. The number of hydrogen-bond donors (Lipinski definition) is 1. The van der Waals surface area contributed by atoms with E-state index in [1.165, 1.54) is 9.58 Å². The van der Waals surface area contributed by atoms with Crippen molar-refractivity contribution < 1.29 is 13.9 Å². The zero-order chi connectivity index (χ0) is 25.9. The Hall–Kier alpha value is -3.13.